The first kappa shape index (κ1) is 15.6. The van der Waals surface area contributed by atoms with Crippen molar-refractivity contribution in [2.45, 2.75) is 38.3 Å². The minimum Gasteiger partial charge on any atom is -0.366 e. The molecule has 0 aromatic heterocycles. The van der Waals surface area contributed by atoms with Crippen LogP contribution in [0.2, 0.25) is 0 Å². The highest BCUT2D eigenvalue weighted by atomic mass is 16.2. The lowest BCUT2D eigenvalue weighted by Crippen LogP contribution is -2.54. The Morgan fingerprint density at radius 1 is 1.26 bits per heavy atom. The molecule has 23 heavy (non-hydrogen) atoms. The van der Waals surface area contributed by atoms with Crippen LogP contribution in [0.15, 0.2) is 40.3 Å². The fourth-order valence-electron chi connectivity index (χ4n) is 2.94. The number of amides is 1. The summed E-state index contributed by atoms with van der Waals surface area (Å²) in [7, 11) is 0. The van der Waals surface area contributed by atoms with Gasteiger partial charge < -0.3 is 5.73 Å². The molecule has 1 aromatic carbocycles. The Hall–Kier alpha value is -2.27. The van der Waals surface area contributed by atoms with Gasteiger partial charge in [0.1, 0.15) is 0 Å². The van der Waals surface area contributed by atoms with E-state index in [1.54, 1.807) is 6.21 Å². The molecule has 2 aliphatic rings. The molecule has 1 aromatic rings. The van der Waals surface area contributed by atoms with Crippen molar-refractivity contribution in [2.75, 3.05) is 6.54 Å². The van der Waals surface area contributed by atoms with Crippen LogP contribution < -0.4 is 11.1 Å². The van der Waals surface area contributed by atoms with Gasteiger partial charge in [-0.3, -0.25) is 15.1 Å². The highest BCUT2D eigenvalue weighted by molar-refractivity contribution is 6.54. The fourth-order valence-corrected chi connectivity index (χ4v) is 2.94. The van der Waals surface area contributed by atoms with Crippen molar-refractivity contribution in [3.05, 3.63) is 35.9 Å². The fraction of sp³-hybridized carbons (Fsp3) is 0.389. The number of para-hydroxylation sites is 1. The zero-order valence-corrected chi connectivity index (χ0v) is 13.4. The summed E-state index contributed by atoms with van der Waals surface area (Å²) in [5.41, 5.74) is 8.12. The number of dihydropyridines is 1. The minimum absolute atomic E-state index is 0.486. The zero-order chi connectivity index (χ0) is 16.3. The molecule has 120 valence electrons. The number of aliphatic imine (C=N–C) groups is 2. The van der Waals surface area contributed by atoms with Crippen LogP contribution in [0.5, 0.6) is 0 Å². The van der Waals surface area contributed by atoms with Gasteiger partial charge in [0, 0.05) is 11.1 Å². The quantitative estimate of drug-likeness (QED) is 0.759. The van der Waals surface area contributed by atoms with E-state index in [9.17, 15) is 4.79 Å². The van der Waals surface area contributed by atoms with Crippen LogP contribution in [0.1, 0.15) is 38.2 Å². The molecule has 2 heterocycles. The Kier molecular flexibility index (Phi) is 4.39. The maximum absolute atomic E-state index is 12.1. The lowest BCUT2D eigenvalue weighted by Gasteiger charge is -2.28. The lowest BCUT2D eigenvalue weighted by atomic mass is 9.95. The number of rotatable bonds is 7. The van der Waals surface area contributed by atoms with Crippen LogP contribution in [0.25, 0.3) is 5.57 Å². The Balaban J connectivity index is 1.83. The SMILES string of the molecule is CCCCCCNC1(C(N)=O)C=C2C(=Nc3ccccc32)C=N1. The first-order valence-corrected chi connectivity index (χ1v) is 8.18. The maximum Gasteiger partial charge on any atom is 0.264 e. The van der Waals surface area contributed by atoms with Gasteiger partial charge in [0.15, 0.2) is 0 Å². The summed E-state index contributed by atoms with van der Waals surface area (Å²) >= 11 is 0. The Bertz CT molecular complexity index is 705. The highest BCUT2D eigenvalue weighted by Crippen LogP contribution is 2.37. The number of nitrogens with one attached hydrogen (secondary N) is 1. The molecule has 5 heteroatoms. The van der Waals surface area contributed by atoms with Gasteiger partial charge in [-0.25, -0.2) is 4.99 Å². The van der Waals surface area contributed by atoms with Gasteiger partial charge in [-0.1, -0.05) is 44.4 Å². The molecule has 0 aliphatic carbocycles. The number of allylic oxidation sites excluding steroid dienone is 1. The number of benzene rings is 1. The van der Waals surface area contributed by atoms with Gasteiger partial charge in [0.25, 0.3) is 5.91 Å². The maximum atomic E-state index is 12.1. The van der Waals surface area contributed by atoms with E-state index in [4.69, 9.17) is 5.73 Å². The number of carbonyl (C=O) groups is 1. The van der Waals surface area contributed by atoms with Crippen molar-refractivity contribution in [3.63, 3.8) is 0 Å². The van der Waals surface area contributed by atoms with Crippen molar-refractivity contribution < 1.29 is 4.79 Å². The van der Waals surface area contributed by atoms with Crippen molar-refractivity contribution in [2.24, 2.45) is 15.7 Å². The van der Waals surface area contributed by atoms with Crippen molar-refractivity contribution in [1.82, 2.24) is 5.32 Å². The summed E-state index contributed by atoms with van der Waals surface area (Å²) in [5.74, 6) is -0.486. The Morgan fingerprint density at radius 3 is 2.87 bits per heavy atom. The first-order valence-electron chi connectivity index (χ1n) is 8.18. The number of nitrogens with two attached hydrogens (primary N) is 1. The van der Waals surface area contributed by atoms with Gasteiger partial charge in [0.2, 0.25) is 5.66 Å². The van der Waals surface area contributed by atoms with E-state index in [0.29, 0.717) is 6.54 Å². The molecule has 1 unspecified atom stereocenters. The average Bonchev–Trinajstić information content (AvgIpc) is 2.92. The summed E-state index contributed by atoms with van der Waals surface area (Å²) in [6, 6.07) is 7.88. The molecule has 0 saturated carbocycles. The van der Waals surface area contributed by atoms with Gasteiger partial charge in [-0.05, 0) is 25.1 Å². The second kappa shape index (κ2) is 6.46. The van der Waals surface area contributed by atoms with Gasteiger partial charge in [-0.15, -0.1) is 0 Å². The third-order valence-electron chi connectivity index (χ3n) is 4.26. The molecule has 0 saturated heterocycles. The number of primary amides is 1. The van der Waals surface area contributed by atoms with Gasteiger partial charge in [-0.2, -0.15) is 0 Å². The molecule has 3 N–H and O–H groups in total. The van der Waals surface area contributed by atoms with E-state index in [2.05, 4.69) is 22.2 Å². The monoisotopic (exact) mass is 310 g/mol. The topological polar surface area (TPSA) is 79.8 Å². The van der Waals surface area contributed by atoms with Crippen molar-refractivity contribution in [3.8, 4) is 0 Å². The van der Waals surface area contributed by atoms with Crippen molar-refractivity contribution in [1.29, 1.82) is 0 Å². The molecule has 5 nitrogen and oxygen atoms in total. The summed E-state index contributed by atoms with van der Waals surface area (Å²) in [4.78, 5) is 21.0. The van der Waals surface area contributed by atoms with E-state index in [0.717, 1.165) is 35.4 Å². The van der Waals surface area contributed by atoms with E-state index < -0.39 is 11.6 Å². The van der Waals surface area contributed by atoms with E-state index in [-0.39, 0.29) is 0 Å². The molecular formula is C18H22N4O. The van der Waals surface area contributed by atoms with Crippen molar-refractivity contribution >= 4 is 29.1 Å². The predicted octanol–water partition coefficient (Wildman–Crippen LogP) is 2.59. The summed E-state index contributed by atoms with van der Waals surface area (Å²) in [6.07, 6.45) is 7.98. The molecule has 0 bridgehead atoms. The average molecular weight is 310 g/mol. The van der Waals surface area contributed by atoms with Gasteiger partial charge in [0.05, 0.1) is 17.6 Å². The van der Waals surface area contributed by atoms with E-state index >= 15 is 0 Å². The summed E-state index contributed by atoms with van der Waals surface area (Å²) < 4.78 is 0. The number of hydrogen-bond acceptors (Lipinski definition) is 4. The predicted molar refractivity (Wildman–Crippen MR) is 94.1 cm³/mol. The molecule has 2 aliphatic heterocycles. The largest absolute Gasteiger partial charge is 0.366 e. The highest BCUT2D eigenvalue weighted by Gasteiger charge is 2.38. The van der Waals surface area contributed by atoms with Crippen LogP contribution in [0, 0.1) is 0 Å². The smallest absolute Gasteiger partial charge is 0.264 e. The summed E-state index contributed by atoms with van der Waals surface area (Å²) in [6.45, 7) is 2.88. The number of carbonyl (C=O) groups excluding carboxylic acids is 1. The number of hydrogen-bond donors (Lipinski definition) is 2. The normalized spacial score (nSPS) is 21.4. The van der Waals surface area contributed by atoms with Crippen LogP contribution in [-0.2, 0) is 4.79 Å². The van der Waals surface area contributed by atoms with Crippen LogP contribution in [0.4, 0.5) is 5.69 Å². The second-order valence-electron chi connectivity index (χ2n) is 5.95. The molecule has 1 amide bonds. The Labute approximate surface area is 136 Å². The molecule has 0 radical (unpaired) electrons. The third-order valence-corrected chi connectivity index (χ3v) is 4.26. The van der Waals surface area contributed by atoms with Gasteiger partial charge >= 0.3 is 0 Å². The number of unbranched alkanes of at least 4 members (excludes halogenated alkanes) is 3. The minimum atomic E-state index is -1.17. The molecule has 1 atom stereocenters. The molecular weight excluding hydrogens is 288 g/mol. The van der Waals surface area contributed by atoms with Crippen LogP contribution in [-0.4, -0.2) is 30.0 Å². The summed E-state index contributed by atoms with van der Waals surface area (Å²) in [5, 5.41) is 3.23. The van der Waals surface area contributed by atoms with Crippen LogP contribution in [0.3, 0.4) is 0 Å². The standard InChI is InChI=1S/C18H22N4O/c1-2-3-4-7-10-20-18(17(19)23)11-14-13-8-5-6-9-15(13)22-16(14)12-21-18/h5-6,8-9,11-12,20H,2-4,7,10H2,1H3,(H2,19,23). The zero-order valence-electron chi connectivity index (χ0n) is 13.4. The van der Waals surface area contributed by atoms with E-state index in [1.807, 2.05) is 30.3 Å². The molecule has 3 rings (SSSR count). The second-order valence-corrected chi connectivity index (χ2v) is 5.95. The first-order chi connectivity index (χ1) is 11.2. The Morgan fingerprint density at radius 2 is 2.09 bits per heavy atom. The lowest BCUT2D eigenvalue weighted by molar-refractivity contribution is -0.122. The molecule has 0 spiro atoms. The molecule has 0 fully saturated rings. The van der Waals surface area contributed by atoms with Crippen LogP contribution >= 0.6 is 0 Å². The number of fused-ring (bicyclic) bond motifs is 3. The number of nitrogens with zero attached hydrogens (tertiary/aromatic N) is 2. The third kappa shape index (κ3) is 2.97. The van der Waals surface area contributed by atoms with E-state index in [1.165, 1.54) is 12.8 Å².